The second-order valence-corrected chi connectivity index (χ2v) is 5.79. The summed E-state index contributed by atoms with van der Waals surface area (Å²) in [5.41, 5.74) is -0.575. The topological polar surface area (TPSA) is 44.7 Å². The lowest BCUT2D eigenvalue weighted by atomic mass is 10.1. The predicted molar refractivity (Wildman–Crippen MR) is 65.6 cm³/mol. The van der Waals surface area contributed by atoms with E-state index in [-0.39, 0.29) is 5.54 Å². The molecule has 0 aromatic heterocycles. The fourth-order valence-electron chi connectivity index (χ4n) is 2.23. The Morgan fingerprint density at radius 1 is 1.31 bits per heavy atom. The zero-order chi connectivity index (χ0) is 12.2. The minimum atomic E-state index is -0.638. The van der Waals surface area contributed by atoms with Crippen LogP contribution in [0.3, 0.4) is 0 Å². The SMILES string of the molecule is COCCCN1CC(C)(O)CNC(C)(C)C1. The van der Waals surface area contributed by atoms with Gasteiger partial charge in [0.05, 0.1) is 5.60 Å². The van der Waals surface area contributed by atoms with E-state index in [0.29, 0.717) is 6.54 Å². The second kappa shape index (κ2) is 5.45. The van der Waals surface area contributed by atoms with Crippen molar-refractivity contribution < 1.29 is 9.84 Å². The standard InChI is InChI=1S/C12H26N2O2/c1-11(2)9-14(6-5-7-16-4)10-12(3,15)8-13-11/h13,15H,5-10H2,1-4H3. The number of nitrogens with one attached hydrogen (secondary N) is 1. The second-order valence-electron chi connectivity index (χ2n) is 5.79. The Morgan fingerprint density at radius 3 is 2.62 bits per heavy atom. The van der Waals surface area contributed by atoms with Crippen molar-refractivity contribution in [3.63, 3.8) is 0 Å². The Labute approximate surface area is 99.0 Å². The maximum Gasteiger partial charge on any atom is 0.0869 e. The van der Waals surface area contributed by atoms with Gasteiger partial charge in [-0.1, -0.05) is 0 Å². The highest BCUT2D eigenvalue weighted by molar-refractivity contribution is 4.92. The quantitative estimate of drug-likeness (QED) is 0.689. The molecule has 1 saturated heterocycles. The summed E-state index contributed by atoms with van der Waals surface area (Å²) in [5.74, 6) is 0. The van der Waals surface area contributed by atoms with Crippen molar-refractivity contribution in [3.8, 4) is 0 Å². The Balaban J connectivity index is 2.52. The van der Waals surface area contributed by atoms with Crippen molar-refractivity contribution in [1.82, 2.24) is 10.2 Å². The molecule has 2 N–H and O–H groups in total. The molecular formula is C12H26N2O2. The number of hydrogen-bond acceptors (Lipinski definition) is 4. The van der Waals surface area contributed by atoms with Crippen molar-refractivity contribution in [2.45, 2.75) is 38.3 Å². The smallest absolute Gasteiger partial charge is 0.0869 e. The number of rotatable bonds is 4. The summed E-state index contributed by atoms with van der Waals surface area (Å²) in [7, 11) is 1.73. The van der Waals surface area contributed by atoms with Gasteiger partial charge in [0, 0.05) is 45.4 Å². The normalized spacial score (nSPS) is 31.3. The van der Waals surface area contributed by atoms with Gasteiger partial charge in [0.1, 0.15) is 0 Å². The van der Waals surface area contributed by atoms with E-state index < -0.39 is 5.60 Å². The first-order chi connectivity index (χ1) is 7.35. The average molecular weight is 230 g/mol. The van der Waals surface area contributed by atoms with E-state index in [1.54, 1.807) is 7.11 Å². The van der Waals surface area contributed by atoms with Crippen molar-refractivity contribution in [2.75, 3.05) is 39.9 Å². The predicted octanol–water partition coefficient (Wildman–Crippen LogP) is 0.458. The van der Waals surface area contributed by atoms with Crippen LogP contribution in [0.1, 0.15) is 27.2 Å². The van der Waals surface area contributed by atoms with Crippen LogP contribution in [0.2, 0.25) is 0 Å². The molecule has 0 aromatic carbocycles. The van der Waals surface area contributed by atoms with Crippen molar-refractivity contribution in [1.29, 1.82) is 0 Å². The maximum atomic E-state index is 10.2. The zero-order valence-corrected chi connectivity index (χ0v) is 11.0. The van der Waals surface area contributed by atoms with E-state index in [0.717, 1.165) is 32.7 Å². The molecule has 4 nitrogen and oxygen atoms in total. The lowest BCUT2D eigenvalue weighted by Crippen LogP contribution is -2.47. The van der Waals surface area contributed by atoms with Gasteiger partial charge in [-0.3, -0.25) is 4.90 Å². The van der Waals surface area contributed by atoms with Gasteiger partial charge in [0.2, 0.25) is 0 Å². The minimum absolute atomic E-state index is 0.0631. The molecule has 16 heavy (non-hydrogen) atoms. The lowest BCUT2D eigenvalue weighted by molar-refractivity contribution is 0.0320. The summed E-state index contributed by atoms with van der Waals surface area (Å²) in [6.45, 7) is 10.4. The van der Waals surface area contributed by atoms with Crippen molar-refractivity contribution >= 4 is 0 Å². The van der Waals surface area contributed by atoms with Crippen LogP contribution in [-0.4, -0.2) is 61.0 Å². The molecule has 1 aliphatic heterocycles. The van der Waals surface area contributed by atoms with Gasteiger partial charge in [0.25, 0.3) is 0 Å². The summed E-state index contributed by atoms with van der Waals surface area (Å²) < 4.78 is 5.06. The van der Waals surface area contributed by atoms with Crippen LogP contribution in [0, 0.1) is 0 Å². The van der Waals surface area contributed by atoms with Crippen LogP contribution in [0.25, 0.3) is 0 Å². The summed E-state index contributed by atoms with van der Waals surface area (Å²) in [6.07, 6.45) is 1.02. The Morgan fingerprint density at radius 2 is 2.00 bits per heavy atom. The third-order valence-corrected chi connectivity index (χ3v) is 2.95. The third-order valence-electron chi connectivity index (χ3n) is 2.95. The third kappa shape index (κ3) is 4.78. The van der Waals surface area contributed by atoms with Crippen molar-refractivity contribution in [2.24, 2.45) is 0 Å². The molecule has 4 heteroatoms. The minimum Gasteiger partial charge on any atom is -0.388 e. The fraction of sp³-hybridized carbons (Fsp3) is 1.00. The van der Waals surface area contributed by atoms with Gasteiger partial charge in [-0.2, -0.15) is 0 Å². The molecule has 0 saturated carbocycles. The average Bonchev–Trinajstić information content (AvgIpc) is 2.23. The molecule has 0 spiro atoms. The monoisotopic (exact) mass is 230 g/mol. The van der Waals surface area contributed by atoms with Crippen LogP contribution < -0.4 is 5.32 Å². The largest absolute Gasteiger partial charge is 0.388 e. The van der Waals surface area contributed by atoms with E-state index in [2.05, 4.69) is 24.1 Å². The number of methoxy groups -OCH3 is 1. The molecule has 1 atom stereocenters. The first kappa shape index (κ1) is 13.9. The van der Waals surface area contributed by atoms with Crippen LogP contribution >= 0.6 is 0 Å². The molecule has 0 aromatic rings. The number of nitrogens with zero attached hydrogens (tertiary/aromatic N) is 1. The number of ether oxygens (including phenoxy) is 1. The van der Waals surface area contributed by atoms with Gasteiger partial charge in [0.15, 0.2) is 0 Å². The number of aliphatic hydroxyl groups is 1. The molecule has 1 fully saturated rings. The Kier molecular flexibility index (Phi) is 4.73. The summed E-state index contributed by atoms with van der Waals surface area (Å²) >= 11 is 0. The molecule has 0 amide bonds. The van der Waals surface area contributed by atoms with E-state index in [9.17, 15) is 5.11 Å². The highest BCUT2D eigenvalue weighted by Gasteiger charge is 2.33. The summed E-state index contributed by atoms with van der Waals surface area (Å²) in [4.78, 5) is 2.32. The summed E-state index contributed by atoms with van der Waals surface area (Å²) in [5, 5.41) is 13.6. The first-order valence-corrected chi connectivity index (χ1v) is 6.03. The number of β-amino-alcohol motifs (C(OH)–C–C–N with tert-alkyl or cyclic N) is 1. The van der Waals surface area contributed by atoms with Crippen LogP contribution in [0.15, 0.2) is 0 Å². The van der Waals surface area contributed by atoms with Gasteiger partial charge < -0.3 is 15.2 Å². The Hall–Kier alpha value is -0.160. The van der Waals surface area contributed by atoms with E-state index in [4.69, 9.17) is 4.74 Å². The van der Waals surface area contributed by atoms with E-state index in [1.807, 2.05) is 6.92 Å². The molecule has 96 valence electrons. The highest BCUT2D eigenvalue weighted by atomic mass is 16.5. The van der Waals surface area contributed by atoms with E-state index >= 15 is 0 Å². The molecular weight excluding hydrogens is 204 g/mol. The zero-order valence-electron chi connectivity index (χ0n) is 11.0. The van der Waals surface area contributed by atoms with Gasteiger partial charge in [-0.05, 0) is 27.2 Å². The van der Waals surface area contributed by atoms with E-state index in [1.165, 1.54) is 0 Å². The molecule has 0 radical (unpaired) electrons. The Bertz CT molecular complexity index is 199. The molecule has 0 bridgehead atoms. The van der Waals surface area contributed by atoms with Crippen LogP contribution in [0.5, 0.6) is 0 Å². The van der Waals surface area contributed by atoms with Gasteiger partial charge >= 0.3 is 0 Å². The molecule has 1 heterocycles. The number of hydrogen-bond donors (Lipinski definition) is 2. The molecule has 1 unspecified atom stereocenters. The highest BCUT2D eigenvalue weighted by Crippen LogP contribution is 2.16. The van der Waals surface area contributed by atoms with Crippen LogP contribution in [0.4, 0.5) is 0 Å². The van der Waals surface area contributed by atoms with Crippen LogP contribution in [-0.2, 0) is 4.74 Å². The van der Waals surface area contributed by atoms with Crippen molar-refractivity contribution in [3.05, 3.63) is 0 Å². The maximum absolute atomic E-state index is 10.2. The first-order valence-electron chi connectivity index (χ1n) is 6.03. The molecule has 1 rings (SSSR count). The molecule has 0 aliphatic carbocycles. The molecule has 1 aliphatic rings. The van der Waals surface area contributed by atoms with Gasteiger partial charge in [-0.25, -0.2) is 0 Å². The fourth-order valence-corrected chi connectivity index (χ4v) is 2.23. The summed E-state index contributed by atoms with van der Waals surface area (Å²) in [6, 6.07) is 0. The van der Waals surface area contributed by atoms with Gasteiger partial charge in [-0.15, -0.1) is 0 Å². The lowest BCUT2D eigenvalue weighted by Gasteiger charge is -2.30.